The number of nitrogens with one attached hydrogen (secondary N) is 1. The minimum Gasteiger partial charge on any atom is -0.344 e. The fraction of sp³-hybridized carbons (Fsp3) is 0.120. The van der Waals surface area contributed by atoms with E-state index in [4.69, 9.17) is 11.6 Å². The van der Waals surface area contributed by atoms with Crippen LogP contribution < -0.4 is 16.6 Å². The Bertz CT molecular complexity index is 1470. The minimum atomic E-state index is -0.865. The Labute approximate surface area is 199 Å². The van der Waals surface area contributed by atoms with Gasteiger partial charge in [-0.3, -0.25) is 14.2 Å². The lowest BCUT2D eigenvalue weighted by Gasteiger charge is -2.16. The molecule has 34 heavy (non-hydrogen) atoms. The van der Waals surface area contributed by atoms with E-state index in [1.807, 2.05) is 30.3 Å². The molecule has 9 heteroatoms. The van der Waals surface area contributed by atoms with E-state index in [0.717, 1.165) is 20.9 Å². The van der Waals surface area contributed by atoms with Gasteiger partial charge in [-0.15, -0.1) is 0 Å². The molecule has 3 aromatic carbocycles. The zero-order valence-electron chi connectivity index (χ0n) is 18.1. The molecule has 7 nitrogen and oxygen atoms in total. The van der Waals surface area contributed by atoms with Gasteiger partial charge in [-0.05, 0) is 48.4 Å². The van der Waals surface area contributed by atoms with Crippen LogP contribution in [0.5, 0.6) is 0 Å². The van der Waals surface area contributed by atoms with Crippen LogP contribution in [0.15, 0.2) is 88.5 Å². The molecule has 0 saturated heterocycles. The van der Waals surface area contributed by atoms with Crippen LogP contribution in [-0.2, 0) is 6.54 Å². The van der Waals surface area contributed by atoms with E-state index < -0.39 is 34.7 Å². The highest BCUT2D eigenvalue weighted by Crippen LogP contribution is 2.13. The van der Waals surface area contributed by atoms with Crippen molar-refractivity contribution in [3.8, 4) is 5.69 Å². The SMILES string of the molecule is CC(NC(=O)c1nn(-c2cccc(F)c2)c(=O)n(Cc2cccc(Cl)c2)c1=O)c1ccccc1. The van der Waals surface area contributed by atoms with Crippen LogP contribution in [0.25, 0.3) is 5.69 Å². The maximum Gasteiger partial charge on any atom is 0.352 e. The topological polar surface area (TPSA) is 86.0 Å². The van der Waals surface area contributed by atoms with Gasteiger partial charge in [0.25, 0.3) is 11.5 Å². The predicted molar refractivity (Wildman–Crippen MR) is 127 cm³/mol. The quantitative estimate of drug-likeness (QED) is 0.457. The van der Waals surface area contributed by atoms with Gasteiger partial charge < -0.3 is 5.32 Å². The van der Waals surface area contributed by atoms with Gasteiger partial charge in [0.2, 0.25) is 5.69 Å². The molecule has 0 aliphatic heterocycles. The van der Waals surface area contributed by atoms with Gasteiger partial charge in [0.1, 0.15) is 5.82 Å². The molecule has 1 unspecified atom stereocenters. The van der Waals surface area contributed by atoms with Crippen LogP contribution in [0.1, 0.15) is 34.6 Å². The van der Waals surface area contributed by atoms with Gasteiger partial charge >= 0.3 is 5.69 Å². The summed E-state index contributed by atoms with van der Waals surface area (Å²) in [6.45, 7) is 1.62. The molecule has 1 amide bonds. The molecule has 172 valence electrons. The predicted octanol–water partition coefficient (Wildman–Crippen LogP) is 3.73. The highest BCUT2D eigenvalue weighted by Gasteiger charge is 2.22. The Hall–Kier alpha value is -4.04. The normalized spacial score (nSPS) is 11.7. The van der Waals surface area contributed by atoms with Gasteiger partial charge in [0.15, 0.2) is 0 Å². The molecule has 1 aromatic heterocycles. The Balaban J connectivity index is 1.82. The number of hydrogen-bond acceptors (Lipinski definition) is 4. The lowest BCUT2D eigenvalue weighted by atomic mass is 10.1. The molecule has 0 fully saturated rings. The van der Waals surface area contributed by atoms with Gasteiger partial charge in [-0.25, -0.2) is 9.18 Å². The molecule has 1 N–H and O–H groups in total. The molecule has 0 spiro atoms. The average molecular weight is 479 g/mol. The zero-order chi connectivity index (χ0) is 24.2. The third-order valence-corrected chi connectivity index (χ3v) is 5.44. The van der Waals surface area contributed by atoms with Crippen molar-refractivity contribution in [3.63, 3.8) is 0 Å². The summed E-state index contributed by atoms with van der Waals surface area (Å²) in [5.74, 6) is -1.35. The van der Waals surface area contributed by atoms with Gasteiger partial charge in [-0.1, -0.05) is 60.1 Å². The number of benzene rings is 3. The summed E-state index contributed by atoms with van der Waals surface area (Å²) >= 11 is 6.04. The summed E-state index contributed by atoms with van der Waals surface area (Å²) in [7, 11) is 0. The standard InChI is InChI=1S/C25H20ClFN4O3/c1-16(18-8-3-2-4-9-18)28-23(32)22-24(33)30(15-17-7-5-10-19(26)13-17)25(34)31(29-22)21-12-6-11-20(27)14-21/h2-14,16H,15H2,1H3,(H,28,32). The number of carbonyl (C=O) groups is 1. The molecule has 4 rings (SSSR count). The van der Waals surface area contributed by atoms with Crippen LogP contribution in [0.4, 0.5) is 4.39 Å². The first-order valence-electron chi connectivity index (χ1n) is 10.4. The first-order valence-corrected chi connectivity index (χ1v) is 10.8. The number of aromatic nitrogens is 3. The first-order chi connectivity index (χ1) is 16.3. The Morgan fingerprint density at radius 2 is 1.76 bits per heavy atom. The molecular weight excluding hydrogens is 459 g/mol. The van der Waals surface area contributed by atoms with Gasteiger partial charge in [0.05, 0.1) is 18.3 Å². The number of nitrogens with zero attached hydrogens (tertiary/aromatic N) is 3. The van der Waals surface area contributed by atoms with Crippen molar-refractivity contribution in [2.45, 2.75) is 19.5 Å². The summed E-state index contributed by atoms with van der Waals surface area (Å²) in [6, 6.07) is 20.6. The molecule has 0 radical (unpaired) electrons. The van der Waals surface area contributed by atoms with Crippen molar-refractivity contribution < 1.29 is 9.18 Å². The average Bonchev–Trinajstić information content (AvgIpc) is 2.82. The molecule has 0 saturated carbocycles. The van der Waals surface area contributed by atoms with E-state index in [-0.39, 0.29) is 12.2 Å². The van der Waals surface area contributed by atoms with Crippen molar-refractivity contribution in [1.29, 1.82) is 0 Å². The number of hydrogen-bond donors (Lipinski definition) is 1. The minimum absolute atomic E-state index is 0.0787. The molecular formula is C25H20ClFN4O3. The second kappa shape index (κ2) is 9.84. The zero-order valence-corrected chi connectivity index (χ0v) is 18.9. The lowest BCUT2D eigenvalue weighted by molar-refractivity contribution is 0.0930. The maximum absolute atomic E-state index is 13.9. The van der Waals surface area contributed by atoms with Crippen LogP contribution in [-0.4, -0.2) is 20.3 Å². The number of rotatable bonds is 6. The number of amides is 1. The molecule has 1 atom stereocenters. The number of halogens is 2. The lowest BCUT2D eigenvalue weighted by Crippen LogP contribution is -2.46. The molecule has 0 aliphatic rings. The van der Waals surface area contributed by atoms with Crippen molar-refractivity contribution in [2.24, 2.45) is 0 Å². The Morgan fingerprint density at radius 3 is 2.47 bits per heavy atom. The highest BCUT2D eigenvalue weighted by molar-refractivity contribution is 6.30. The van der Waals surface area contributed by atoms with E-state index in [9.17, 15) is 18.8 Å². The smallest absolute Gasteiger partial charge is 0.344 e. The monoisotopic (exact) mass is 478 g/mol. The van der Waals surface area contributed by atoms with Gasteiger partial charge in [-0.2, -0.15) is 9.78 Å². The molecule has 0 bridgehead atoms. The van der Waals surface area contributed by atoms with Crippen LogP contribution in [0.2, 0.25) is 5.02 Å². The number of carbonyl (C=O) groups excluding carboxylic acids is 1. The second-order valence-corrected chi connectivity index (χ2v) is 8.09. The molecule has 0 aliphatic carbocycles. The third kappa shape index (κ3) is 4.97. The van der Waals surface area contributed by atoms with E-state index in [1.165, 1.54) is 18.2 Å². The van der Waals surface area contributed by atoms with Crippen LogP contribution in [0.3, 0.4) is 0 Å². The van der Waals surface area contributed by atoms with Crippen molar-refractivity contribution in [3.05, 3.63) is 127 Å². The highest BCUT2D eigenvalue weighted by atomic mass is 35.5. The third-order valence-electron chi connectivity index (χ3n) is 5.20. The van der Waals surface area contributed by atoms with Crippen molar-refractivity contribution >= 4 is 17.5 Å². The molecule has 1 heterocycles. The van der Waals surface area contributed by atoms with E-state index in [1.54, 1.807) is 31.2 Å². The van der Waals surface area contributed by atoms with Crippen LogP contribution in [0, 0.1) is 5.82 Å². The fourth-order valence-corrected chi connectivity index (χ4v) is 3.69. The largest absolute Gasteiger partial charge is 0.352 e. The summed E-state index contributed by atoms with van der Waals surface area (Å²) in [5.41, 5.74) is -0.691. The summed E-state index contributed by atoms with van der Waals surface area (Å²) in [5, 5.41) is 7.18. The van der Waals surface area contributed by atoms with Gasteiger partial charge in [0, 0.05) is 5.02 Å². The Morgan fingerprint density at radius 1 is 1.03 bits per heavy atom. The maximum atomic E-state index is 13.9. The van der Waals surface area contributed by atoms with Crippen LogP contribution >= 0.6 is 11.6 Å². The fourth-order valence-electron chi connectivity index (χ4n) is 3.48. The van der Waals surface area contributed by atoms with Crippen molar-refractivity contribution in [1.82, 2.24) is 19.7 Å². The summed E-state index contributed by atoms with van der Waals surface area (Å²) in [6.07, 6.45) is 0. The Kier molecular flexibility index (Phi) is 6.70. The second-order valence-electron chi connectivity index (χ2n) is 7.65. The van der Waals surface area contributed by atoms with E-state index in [2.05, 4.69) is 10.4 Å². The van der Waals surface area contributed by atoms with E-state index >= 15 is 0 Å². The van der Waals surface area contributed by atoms with E-state index in [0.29, 0.717) is 10.6 Å². The summed E-state index contributed by atoms with van der Waals surface area (Å²) in [4.78, 5) is 39.5. The van der Waals surface area contributed by atoms with Crippen molar-refractivity contribution in [2.75, 3.05) is 0 Å². The molecule has 4 aromatic rings. The summed E-state index contributed by atoms with van der Waals surface area (Å²) < 4.78 is 15.6. The first kappa shape index (κ1) is 23.1.